The summed E-state index contributed by atoms with van der Waals surface area (Å²) in [5.74, 6) is -1.49. The van der Waals surface area contributed by atoms with E-state index in [1.165, 1.54) is 89.9 Å². The molecule has 0 aromatic carbocycles. The largest absolute Gasteiger partial charge is 0.472 e. The van der Waals surface area contributed by atoms with Crippen molar-refractivity contribution in [2.75, 3.05) is 26.4 Å². The van der Waals surface area contributed by atoms with Crippen molar-refractivity contribution in [3.63, 3.8) is 0 Å². The first-order valence-electron chi connectivity index (χ1n) is 30.2. The van der Waals surface area contributed by atoms with Crippen LogP contribution >= 0.6 is 7.82 Å². The number of rotatable bonds is 56. The molecule has 12 heteroatoms. The maximum atomic E-state index is 12.9. The summed E-state index contributed by atoms with van der Waals surface area (Å²) in [5.41, 5.74) is 0. The third-order valence-corrected chi connectivity index (χ3v) is 13.8. The number of carbonyl (C=O) groups is 3. The number of aliphatic hydroxyl groups is 1. The van der Waals surface area contributed by atoms with Gasteiger partial charge in [0.05, 0.1) is 19.8 Å². The lowest BCUT2D eigenvalue weighted by atomic mass is 10.1. The summed E-state index contributed by atoms with van der Waals surface area (Å²) in [5, 5.41) is 9.81. The van der Waals surface area contributed by atoms with E-state index in [0.29, 0.717) is 19.3 Å². The molecule has 0 saturated heterocycles. The average Bonchev–Trinajstić information content (AvgIpc) is 3.39. The van der Waals surface area contributed by atoms with Crippen molar-refractivity contribution >= 4 is 25.7 Å². The number of unbranched alkanes of at least 4 members (excludes halogenated alkanes) is 29. The van der Waals surface area contributed by atoms with E-state index >= 15 is 0 Å². The van der Waals surface area contributed by atoms with Gasteiger partial charge < -0.3 is 24.2 Å². The fourth-order valence-electron chi connectivity index (χ4n) is 8.23. The van der Waals surface area contributed by atoms with Crippen molar-refractivity contribution in [1.29, 1.82) is 0 Å². The molecular formula is C62H111O11P. The maximum Gasteiger partial charge on any atom is 0.472 e. The molecule has 74 heavy (non-hydrogen) atoms. The number of esters is 3. The van der Waals surface area contributed by atoms with Crippen LogP contribution in [0.2, 0.25) is 0 Å². The molecule has 0 bridgehead atoms. The number of carbonyl (C=O) groups excluding carboxylic acids is 3. The van der Waals surface area contributed by atoms with Crippen molar-refractivity contribution in [1.82, 2.24) is 0 Å². The number of hydrogen-bond acceptors (Lipinski definition) is 10. The standard InChI is InChI=1S/C62H111O11P/c1-4-7-10-13-16-19-22-25-27-28-29-30-32-35-38-41-44-47-50-53-62(66)73-59(55-69-60(64)51-48-45-42-39-36-34-31-26-23-20-17-14-11-8-5-2)57-71-74(67,68)70-56-58(54-63)72-61(65)52-49-46-43-40-37-33-24-21-18-15-12-9-6-3/h16,19,21,24-27,29-31,58-59,63H,4-15,17-18,20,22-23,28,32-57H2,1-3H3,(H,67,68)/b19-16-,24-21-,27-25-,30-29-,31-26-. The van der Waals surface area contributed by atoms with Gasteiger partial charge in [-0.1, -0.05) is 210 Å². The fourth-order valence-corrected chi connectivity index (χ4v) is 9.02. The van der Waals surface area contributed by atoms with Crippen molar-refractivity contribution in [3.05, 3.63) is 60.8 Å². The minimum atomic E-state index is -4.76. The van der Waals surface area contributed by atoms with E-state index in [1.807, 2.05) is 0 Å². The second-order valence-corrected chi connectivity index (χ2v) is 21.6. The SMILES string of the molecule is CCCCC/C=C\C/C=C\C/C=C\CCCCCCCCC(=O)OC(COC(=O)CCCCCCC/C=C\CCCCCCCC)COP(=O)(O)OCC(CO)OC(=O)CCCCCCC/C=C\CCCCCC. The number of phosphoric ester groups is 1. The Morgan fingerprint density at radius 1 is 0.378 bits per heavy atom. The lowest BCUT2D eigenvalue weighted by Gasteiger charge is -2.21. The van der Waals surface area contributed by atoms with Gasteiger partial charge in [-0.25, -0.2) is 4.57 Å². The average molecular weight is 1060 g/mol. The lowest BCUT2D eigenvalue weighted by molar-refractivity contribution is -0.161. The van der Waals surface area contributed by atoms with E-state index in [4.69, 9.17) is 23.3 Å². The van der Waals surface area contributed by atoms with Crippen LogP contribution < -0.4 is 0 Å². The normalized spacial score (nSPS) is 13.7. The Bertz CT molecular complexity index is 1470. The van der Waals surface area contributed by atoms with Gasteiger partial charge in [0.25, 0.3) is 0 Å². The molecule has 0 rings (SSSR count). The zero-order valence-corrected chi connectivity index (χ0v) is 48.5. The lowest BCUT2D eigenvalue weighted by Crippen LogP contribution is -2.30. The summed E-state index contributed by atoms with van der Waals surface area (Å²) in [6.07, 6.45) is 61.7. The molecule has 0 aliphatic rings. The van der Waals surface area contributed by atoms with Crippen molar-refractivity contribution in [2.24, 2.45) is 0 Å². The summed E-state index contributed by atoms with van der Waals surface area (Å²) in [6.45, 7) is 4.59. The van der Waals surface area contributed by atoms with Crippen LogP contribution in [0.5, 0.6) is 0 Å². The zero-order chi connectivity index (χ0) is 54.1. The topological polar surface area (TPSA) is 155 Å². The van der Waals surface area contributed by atoms with E-state index < -0.39 is 57.8 Å². The predicted molar refractivity (Wildman–Crippen MR) is 307 cm³/mol. The van der Waals surface area contributed by atoms with Crippen LogP contribution in [0.25, 0.3) is 0 Å². The Hall–Kier alpha value is -2.82. The van der Waals surface area contributed by atoms with Crippen molar-refractivity contribution < 1.29 is 52.2 Å². The highest BCUT2D eigenvalue weighted by Crippen LogP contribution is 2.43. The minimum absolute atomic E-state index is 0.151. The van der Waals surface area contributed by atoms with Gasteiger partial charge in [-0.05, 0) is 109 Å². The van der Waals surface area contributed by atoms with Crippen LogP contribution in [-0.4, -0.2) is 66.5 Å². The summed E-state index contributed by atoms with van der Waals surface area (Å²) < 4.78 is 39.5. The van der Waals surface area contributed by atoms with Crippen molar-refractivity contribution in [3.8, 4) is 0 Å². The monoisotopic (exact) mass is 1060 g/mol. The van der Waals surface area contributed by atoms with E-state index in [2.05, 4.69) is 81.5 Å². The summed E-state index contributed by atoms with van der Waals surface area (Å²) >= 11 is 0. The highest BCUT2D eigenvalue weighted by molar-refractivity contribution is 7.47. The number of aliphatic hydroxyl groups excluding tert-OH is 1. The highest BCUT2D eigenvalue weighted by Gasteiger charge is 2.28. The van der Waals surface area contributed by atoms with Crippen LogP contribution in [0, 0.1) is 0 Å². The molecule has 430 valence electrons. The maximum absolute atomic E-state index is 12.9. The first-order chi connectivity index (χ1) is 36.2. The van der Waals surface area contributed by atoms with Gasteiger partial charge >= 0.3 is 25.7 Å². The predicted octanol–water partition coefficient (Wildman–Crippen LogP) is 17.9. The van der Waals surface area contributed by atoms with Crippen LogP contribution in [0.1, 0.15) is 278 Å². The molecule has 0 aromatic rings. The molecule has 0 spiro atoms. The molecule has 0 saturated carbocycles. The molecule has 0 heterocycles. The molecule has 0 aliphatic heterocycles. The number of ether oxygens (including phenoxy) is 3. The van der Waals surface area contributed by atoms with Gasteiger partial charge in [-0.15, -0.1) is 0 Å². The van der Waals surface area contributed by atoms with Crippen LogP contribution in [-0.2, 0) is 42.2 Å². The fraction of sp³-hybridized carbons (Fsp3) is 0.790. The molecule has 0 radical (unpaired) electrons. The zero-order valence-electron chi connectivity index (χ0n) is 47.6. The van der Waals surface area contributed by atoms with E-state index in [0.717, 1.165) is 128 Å². The van der Waals surface area contributed by atoms with Crippen LogP contribution in [0.4, 0.5) is 0 Å². The van der Waals surface area contributed by atoms with Crippen molar-refractivity contribution in [2.45, 2.75) is 290 Å². The summed E-state index contributed by atoms with van der Waals surface area (Å²) in [4.78, 5) is 48.6. The first kappa shape index (κ1) is 71.2. The molecule has 11 nitrogen and oxygen atoms in total. The van der Waals surface area contributed by atoms with Gasteiger partial charge in [-0.2, -0.15) is 0 Å². The number of hydrogen-bond donors (Lipinski definition) is 2. The van der Waals surface area contributed by atoms with Gasteiger partial charge in [0.2, 0.25) is 0 Å². The molecule has 0 aromatic heterocycles. The Labute approximate surface area is 453 Å². The third kappa shape index (κ3) is 54.0. The second kappa shape index (κ2) is 56.4. The Kier molecular flexibility index (Phi) is 54.2. The second-order valence-electron chi connectivity index (χ2n) is 20.2. The van der Waals surface area contributed by atoms with E-state index in [1.54, 1.807) is 0 Å². The Balaban J connectivity index is 4.75. The summed E-state index contributed by atoms with van der Waals surface area (Å²) in [6, 6.07) is 0. The van der Waals surface area contributed by atoms with Gasteiger partial charge in [0.1, 0.15) is 12.7 Å². The molecule has 0 aliphatic carbocycles. The molecule has 3 unspecified atom stereocenters. The summed E-state index contributed by atoms with van der Waals surface area (Å²) in [7, 11) is -4.76. The van der Waals surface area contributed by atoms with Gasteiger partial charge in [0.15, 0.2) is 6.10 Å². The number of allylic oxidation sites excluding steroid dienone is 10. The molecular weight excluding hydrogens is 952 g/mol. The first-order valence-corrected chi connectivity index (χ1v) is 31.7. The van der Waals surface area contributed by atoms with Crippen LogP contribution in [0.15, 0.2) is 60.8 Å². The molecule has 0 fully saturated rings. The quantitative estimate of drug-likeness (QED) is 0.0197. The van der Waals surface area contributed by atoms with Gasteiger partial charge in [-0.3, -0.25) is 23.4 Å². The number of phosphoric acid groups is 1. The van der Waals surface area contributed by atoms with E-state index in [9.17, 15) is 28.9 Å². The molecule has 0 amide bonds. The highest BCUT2D eigenvalue weighted by atomic mass is 31.2. The molecule has 2 N–H and O–H groups in total. The third-order valence-electron chi connectivity index (χ3n) is 12.9. The van der Waals surface area contributed by atoms with E-state index in [-0.39, 0.29) is 25.9 Å². The Morgan fingerprint density at radius 2 is 0.662 bits per heavy atom. The van der Waals surface area contributed by atoms with Crippen LogP contribution in [0.3, 0.4) is 0 Å². The Morgan fingerprint density at radius 3 is 1.07 bits per heavy atom. The molecule has 3 atom stereocenters. The van der Waals surface area contributed by atoms with Gasteiger partial charge in [0, 0.05) is 19.3 Å². The smallest absolute Gasteiger partial charge is 0.462 e. The minimum Gasteiger partial charge on any atom is -0.462 e.